The molecule has 160 valence electrons. The number of carbonyl (C=O) groups is 1. The van der Waals surface area contributed by atoms with Crippen molar-refractivity contribution in [1.29, 1.82) is 5.26 Å². The molecule has 0 saturated carbocycles. The van der Waals surface area contributed by atoms with Crippen LogP contribution in [0.5, 0.6) is 0 Å². The van der Waals surface area contributed by atoms with Crippen LogP contribution in [-0.4, -0.2) is 43.2 Å². The number of aliphatic imine (C=N–C) groups is 1. The van der Waals surface area contributed by atoms with E-state index in [0.717, 1.165) is 6.20 Å². The Morgan fingerprint density at radius 2 is 2.03 bits per heavy atom. The van der Waals surface area contributed by atoms with Gasteiger partial charge in [0.15, 0.2) is 15.4 Å². The average molecular weight is 447 g/mol. The standard InChI is InChI=1S/C19H15F2N5O4S/c20-19(21)16(25-15(27)13-6-5-11(9-22)10-24-13)30-17(23)26-18(19)7-8-31(28,29)14-4-2-1-3-12(14)18/h1-6,10,16H,7-8H2,(H2,23,26)(H,25,27)/t16?,18-/m1/s1. The smallest absolute Gasteiger partial charge is 0.331 e. The summed E-state index contributed by atoms with van der Waals surface area (Å²) in [6, 6.07) is 9.06. The molecule has 3 N–H and O–H groups in total. The number of ether oxygens (including phenoxy) is 1. The van der Waals surface area contributed by atoms with Crippen LogP contribution in [0.25, 0.3) is 0 Å². The van der Waals surface area contributed by atoms with Gasteiger partial charge < -0.3 is 15.8 Å². The molecule has 0 aliphatic carbocycles. The molecule has 2 aromatic rings. The fourth-order valence-electron chi connectivity index (χ4n) is 3.68. The van der Waals surface area contributed by atoms with E-state index >= 15 is 8.78 Å². The molecule has 1 aromatic carbocycles. The normalized spacial score (nSPS) is 25.5. The van der Waals surface area contributed by atoms with Crippen molar-refractivity contribution < 1.29 is 26.7 Å². The van der Waals surface area contributed by atoms with Crippen LogP contribution in [0.2, 0.25) is 0 Å². The summed E-state index contributed by atoms with van der Waals surface area (Å²) in [4.78, 5) is 19.8. The molecule has 2 atom stereocenters. The van der Waals surface area contributed by atoms with Crippen molar-refractivity contribution in [1.82, 2.24) is 10.3 Å². The van der Waals surface area contributed by atoms with Crippen molar-refractivity contribution >= 4 is 21.8 Å². The topological polar surface area (TPSA) is 148 Å². The monoisotopic (exact) mass is 447 g/mol. The number of alkyl halides is 2. The van der Waals surface area contributed by atoms with Crippen molar-refractivity contribution in [3.63, 3.8) is 0 Å². The number of rotatable bonds is 2. The molecule has 2 aliphatic heterocycles. The molecule has 1 unspecified atom stereocenters. The van der Waals surface area contributed by atoms with Crippen LogP contribution in [0.1, 0.15) is 28.0 Å². The third kappa shape index (κ3) is 3.17. The fraction of sp³-hybridized carbons (Fsp3) is 0.263. The first kappa shape index (κ1) is 20.7. The third-order valence-corrected chi connectivity index (χ3v) is 6.98. The van der Waals surface area contributed by atoms with Crippen molar-refractivity contribution in [2.45, 2.75) is 29.0 Å². The Labute approximate surface area is 175 Å². The van der Waals surface area contributed by atoms with Gasteiger partial charge in [0.05, 0.1) is 16.2 Å². The molecule has 2 aliphatic rings. The van der Waals surface area contributed by atoms with E-state index in [0.29, 0.717) is 0 Å². The molecule has 0 saturated heterocycles. The molecule has 1 amide bonds. The Morgan fingerprint density at radius 1 is 1.29 bits per heavy atom. The number of sulfone groups is 1. The largest absolute Gasteiger partial charge is 0.435 e. The summed E-state index contributed by atoms with van der Waals surface area (Å²) < 4.78 is 61.3. The van der Waals surface area contributed by atoms with E-state index < -0.39 is 51.6 Å². The second kappa shape index (κ2) is 6.98. The number of nitrogens with zero attached hydrogens (tertiary/aromatic N) is 3. The van der Waals surface area contributed by atoms with Gasteiger partial charge in [-0.25, -0.2) is 18.4 Å². The lowest BCUT2D eigenvalue weighted by Crippen LogP contribution is -2.65. The number of amidine groups is 1. The van der Waals surface area contributed by atoms with Gasteiger partial charge in [0.25, 0.3) is 11.9 Å². The first-order valence-electron chi connectivity index (χ1n) is 9.00. The molecule has 3 heterocycles. The maximum Gasteiger partial charge on any atom is 0.331 e. The summed E-state index contributed by atoms with van der Waals surface area (Å²) in [5, 5.41) is 10.9. The van der Waals surface area contributed by atoms with Gasteiger partial charge in [-0.05, 0) is 24.6 Å². The lowest BCUT2D eigenvalue weighted by atomic mass is 9.79. The van der Waals surface area contributed by atoms with Crippen molar-refractivity contribution in [3.05, 3.63) is 59.4 Å². The van der Waals surface area contributed by atoms with Crippen LogP contribution >= 0.6 is 0 Å². The van der Waals surface area contributed by atoms with Crippen LogP contribution in [0, 0.1) is 11.3 Å². The molecule has 0 bridgehead atoms. The van der Waals surface area contributed by atoms with Gasteiger partial charge in [-0.15, -0.1) is 0 Å². The first-order chi connectivity index (χ1) is 14.6. The Morgan fingerprint density at radius 3 is 2.71 bits per heavy atom. The molecule has 9 nitrogen and oxygen atoms in total. The fourth-order valence-corrected chi connectivity index (χ4v) is 5.32. The number of hydrogen-bond acceptors (Lipinski definition) is 8. The Kier molecular flexibility index (Phi) is 4.66. The number of nitrogens with two attached hydrogens (primary N) is 1. The summed E-state index contributed by atoms with van der Waals surface area (Å²) in [5.74, 6) is -5.42. The quantitative estimate of drug-likeness (QED) is 0.699. The molecule has 12 heteroatoms. The highest BCUT2D eigenvalue weighted by Crippen LogP contribution is 2.52. The van der Waals surface area contributed by atoms with Crippen LogP contribution in [0.3, 0.4) is 0 Å². The lowest BCUT2D eigenvalue weighted by Gasteiger charge is -2.46. The maximum absolute atomic E-state index is 15.7. The van der Waals surface area contributed by atoms with Crippen molar-refractivity contribution in [2.24, 2.45) is 10.7 Å². The highest BCUT2D eigenvalue weighted by Gasteiger charge is 2.66. The number of nitriles is 1. The maximum atomic E-state index is 15.7. The SMILES string of the molecule is N#Cc1ccc(C(=O)NC2OC(N)=N[C@@]3(CCS(=O)(=O)c4ccccc43)C2(F)F)nc1. The molecule has 1 spiro atoms. The van der Waals surface area contributed by atoms with Gasteiger partial charge in [-0.3, -0.25) is 4.79 Å². The molecule has 0 radical (unpaired) electrons. The first-order valence-corrected chi connectivity index (χ1v) is 10.6. The molecule has 31 heavy (non-hydrogen) atoms. The average Bonchev–Trinajstić information content (AvgIpc) is 2.74. The summed E-state index contributed by atoms with van der Waals surface area (Å²) in [5.41, 5.74) is 3.08. The van der Waals surface area contributed by atoms with E-state index in [-0.39, 0.29) is 21.7 Å². The lowest BCUT2D eigenvalue weighted by molar-refractivity contribution is -0.177. The zero-order valence-electron chi connectivity index (χ0n) is 15.7. The molecular formula is C19H15F2N5O4S. The number of fused-ring (bicyclic) bond motifs is 2. The van der Waals surface area contributed by atoms with E-state index in [2.05, 4.69) is 9.98 Å². The second-order valence-corrected chi connectivity index (χ2v) is 9.09. The van der Waals surface area contributed by atoms with Crippen molar-refractivity contribution in [2.75, 3.05) is 5.75 Å². The summed E-state index contributed by atoms with van der Waals surface area (Å²) in [6.07, 6.45) is -1.66. The predicted octanol–water partition coefficient (Wildman–Crippen LogP) is 1.06. The van der Waals surface area contributed by atoms with E-state index in [1.54, 1.807) is 0 Å². The molecule has 1 aromatic heterocycles. The van der Waals surface area contributed by atoms with E-state index in [1.165, 1.54) is 36.4 Å². The minimum absolute atomic E-state index is 0.186. The Bertz CT molecular complexity index is 1240. The zero-order chi connectivity index (χ0) is 22.4. The van der Waals surface area contributed by atoms with Gasteiger partial charge in [-0.1, -0.05) is 18.2 Å². The van der Waals surface area contributed by atoms with Gasteiger partial charge >= 0.3 is 5.92 Å². The number of hydrogen-bond donors (Lipinski definition) is 2. The van der Waals surface area contributed by atoms with Crippen LogP contribution in [0.15, 0.2) is 52.5 Å². The number of halogens is 2. The van der Waals surface area contributed by atoms with Gasteiger partial charge in [0.2, 0.25) is 6.23 Å². The number of pyridine rings is 1. The van der Waals surface area contributed by atoms with Crippen molar-refractivity contribution in [3.8, 4) is 6.07 Å². The number of amides is 1. The van der Waals surface area contributed by atoms with E-state index in [1.807, 2.05) is 11.4 Å². The molecule has 4 rings (SSSR count). The number of benzene rings is 1. The van der Waals surface area contributed by atoms with Crippen LogP contribution < -0.4 is 11.1 Å². The molecular weight excluding hydrogens is 432 g/mol. The van der Waals surface area contributed by atoms with Crippen LogP contribution in [-0.2, 0) is 20.1 Å². The highest BCUT2D eigenvalue weighted by atomic mass is 32.2. The van der Waals surface area contributed by atoms with E-state index in [4.69, 9.17) is 15.7 Å². The second-order valence-electron chi connectivity index (χ2n) is 7.01. The zero-order valence-corrected chi connectivity index (χ0v) is 16.6. The van der Waals surface area contributed by atoms with Gasteiger partial charge in [-0.2, -0.15) is 14.0 Å². The summed E-state index contributed by atoms with van der Waals surface area (Å²) in [7, 11) is -3.78. The third-order valence-electron chi connectivity index (χ3n) is 5.21. The minimum atomic E-state index is -3.86. The summed E-state index contributed by atoms with van der Waals surface area (Å²) in [6.45, 7) is 0. The highest BCUT2D eigenvalue weighted by molar-refractivity contribution is 7.91. The van der Waals surface area contributed by atoms with Crippen LogP contribution in [0.4, 0.5) is 8.78 Å². The predicted molar refractivity (Wildman–Crippen MR) is 103 cm³/mol. The number of aromatic nitrogens is 1. The van der Waals surface area contributed by atoms with Gasteiger partial charge in [0, 0.05) is 11.8 Å². The number of nitrogens with one attached hydrogen (secondary N) is 1. The van der Waals surface area contributed by atoms with Gasteiger partial charge in [0.1, 0.15) is 11.8 Å². The Balaban J connectivity index is 1.75. The van der Waals surface area contributed by atoms with E-state index in [9.17, 15) is 13.2 Å². The summed E-state index contributed by atoms with van der Waals surface area (Å²) >= 11 is 0. The number of carbonyl (C=O) groups excluding carboxylic acids is 1. The Hall–Kier alpha value is -3.59. The molecule has 0 fully saturated rings. The minimum Gasteiger partial charge on any atom is -0.435 e.